The topological polar surface area (TPSA) is 74.2 Å². The normalized spacial score (nSPS) is 11.5. The molecular weight excluding hydrogens is 230 g/mol. The van der Waals surface area contributed by atoms with Crippen molar-refractivity contribution in [3.05, 3.63) is 24.3 Å². The number of nitrogen functional groups attached to an aromatic ring is 1. The summed E-state index contributed by atoms with van der Waals surface area (Å²) < 4.78 is 10.7. The van der Waals surface area contributed by atoms with Gasteiger partial charge in [0, 0.05) is 5.39 Å². The summed E-state index contributed by atoms with van der Waals surface area (Å²) >= 11 is 0. The van der Waals surface area contributed by atoms with Crippen molar-refractivity contribution < 1.29 is 9.26 Å². The summed E-state index contributed by atoms with van der Waals surface area (Å²) in [5.74, 6) is 1.17. The Morgan fingerprint density at radius 3 is 2.89 bits per heavy atom. The largest absolute Gasteiger partial charge is 0.491 e. The second-order valence-corrected chi connectivity index (χ2v) is 4.43. The average Bonchev–Trinajstić information content (AvgIpc) is 2.67. The number of nitrogens with two attached hydrogens (primary N) is 1. The van der Waals surface area contributed by atoms with Crippen LogP contribution in [0.3, 0.4) is 0 Å². The van der Waals surface area contributed by atoms with Gasteiger partial charge in [-0.05, 0) is 38.1 Å². The van der Waals surface area contributed by atoms with E-state index in [9.17, 15) is 0 Å². The van der Waals surface area contributed by atoms with Gasteiger partial charge in [-0.25, -0.2) is 4.98 Å². The minimum Gasteiger partial charge on any atom is -0.491 e. The minimum atomic E-state index is 0.139. The third-order valence-corrected chi connectivity index (χ3v) is 2.63. The van der Waals surface area contributed by atoms with Gasteiger partial charge in [0.15, 0.2) is 5.82 Å². The Morgan fingerprint density at radius 2 is 2.11 bits per heavy atom. The monoisotopic (exact) mass is 243 g/mol. The van der Waals surface area contributed by atoms with E-state index in [1.165, 1.54) is 0 Å². The predicted octanol–water partition coefficient (Wildman–Crippen LogP) is 2.75. The maximum Gasteiger partial charge on any atom is 0.260 e. The summed E-state index contributed by atoms with van der Waals surface area (Å²) in [6, 6.07) is 7.64. The van der Waals surface area contributed by atoms with Crippen LogP contribution in [0.5, 0.6) is 5.75 Å². The molecule has 0 aliphatic rings. The van der Waals surface area contributed by atoms with E-state index in [0.717, 1.165) is 22.0 Å². The van der Waals surface area contributed by atoms with Crippen molar-refractivity contribution >= 4 is 27.8 Å². The number of nitrogens with zero attached hydrogens (tertiary/aromatic N) is 2. The molecule has 1 aromatic carbocycles. The minimum absolute atomic E-state index is 0.139. The Bertz CT molecular complexity index is 719. The number of fused-ring (bicyclic) bond motifs is 2. The van der Waals surface area contributed by atoms with Crippen LogP contribution in [0, 0.1) is 0 Å². The van der Waals surface area contributed by atoms with Gasteiger partial charge < -0.3 is 15.0 Å². The van der Waals surface area contributed by atoms with E-state index >= 15 is 0 Å². The SMILES string of the molecule is CC(C)Oc1ccc2nc3onc(N)c3cc2c1. The van der Waals surface area contributed by atoms with Crippen molar-refractivity contribution in [2.45, 2.75) is 20.0 Å². The van der Waals surface area contributed by atoms with Crippen molar-refractivity contribution in [1.82, 2.24) is 10.1 Å². The van der Waals surface area contributed by atoms with Crippen LogP contribution in [0.25, 0.3) is 22.0 Å². The zero-order valence-corrected chi connectivity index (χ0v) is 10.2. The summed E-state index contributed by atoms with van der Waals surface area (Å²) in [5, 5.41) is 5.38. The summed E-state index contributed by atoms with van der Waals surface area (Å²) in [5.41, 5.74) is 6.99. The van der Waals surface area contributed by atoms with Crippen LogP contribution in [0.4, 0.5) is 5.82 Å². The van der Waals surface area contributed by atoms with E-state index in [-0.39, 0.29) is 6.10 Å². The van der Waals surface area contributed by atoms with E-state index < -0.39 is 0 Å². The molecule has 5 heteroatoms. The lowest BCUT2D eigenvalue weighted by atomic mass is 10.2. The number of hydrogen-bond acceptors (Lipinski definition) is 5. The summed E-state index contributed by atoms with van der Waals surface area (Å²) in [7, 11) is 0. The molecule has 3 rings (SSSR count). The molecule has 0 saturated carbocycles. The molecule has 2 N–H and O–H groups in total. The standard InChI is InChI=1S/C13H13N3O2/c1-7(2)17-9-3-4-11-8(5-9)6-10-12(14)16-18-13(10)15-11/h3-7H,1-2H3,(H2,14,16). The molecule has 0 unspecified atom stereocenters. The van der Waals surface area contributed by atoms with Crippen LogP contribution < -0.4 is 10.5 Å². The molecule has 0 fully saturated rings. The Labute approximate surface area is 104 Å². The molecule has 2 heterocycles. The van der Waals surface area contributed by atoms with E-state index in [2.05, 4.69) is 10.1 Å². The van der Waals surface area contributed by atoms with Gasteiger partial charge in [0.2, 0.25) is 0 Å². The lowest BCUT2D eigenvalue weighted by Crippen LogP contribution is -2.05. The molecular formula is C13H13N3O2. The molecule has 92 valence electrons. The number of benzene rings is 1. The highest BCUT2D eigenvalue weighted by atomic mass is 16.5. The maximum atomic E-state index is 5.71. The van der Waals surface area contributed by atoms with Gasteiger partial charge >= 0.3 is 0 Å². The fourth-order valence-electron chi connectivity index (χ4n) is 1.88. The van der Waals surface area contributed by atoms with Crippen molar-refractivity contribution in [3.8, 4) is 5.75 Å². The van der Waals surface area contributed by atoms with Crippen LogP contribution in [-0.4, -0.2) is 16.2 Å². The van der Waals surface area contributed by atoms with Gasteiger partial charge in [-0.1, -0.05) is 5.16 Å². The molecule has 0 amide bonds. The smallest absolute Gasteiger partial charge is 0.260 e. The average molecular weight is 243 g/mol. The van der Waals surface area contributed by atoms with Gasteiger partial charge in [0.1, 0.15) is 5.75 Å². The third kappa shape index (κ3) is 1.73. The lowest BCUT2D eigenvalue weighted by molar-refractivity contribution is 0.243. The Balaban J connectivity index is 2.19. The zero-order valence-electron chi connectivity index (χ0n) is 10.2. The van der Waals surface area contributed by atoms with E-state index in [1.807, 2.05) is 38.1 Å². The van der Waals surface area contributed by atoms with Crippen molar-refractivity contribution in [2.75, 3.05) is 5.73 Å². The quantitative estimate of drug-likeness (QED) is 0.749. The maximum absolute atomic E-state index is 5.71. The fourth-order valence-corrected chi connectivity index (χ4v) is 1.88. The van der Waals surface area contributed by atoms with Crippen LogP contribution in [0.2, 0.25) is 0 Å². The van der Waals surface area contributed by atoms with Crippen LogP contribution in [0.1, 0.15) is 13.8 Å². The zero-order chi connectivity index (χ0) is 12.7. The molecule has 18 heavy (non-hydrogen) atoms. The van der Waals surface area contributed by atoms with Crippen LogP contribution >= 0.6 is 0 Å². The third-order valence-electron chi connectivity index (χ3n) is 2.63. The second-order valence-electron chi connectivity index (χ2n) is 4.43. The summed E-state index contributed by atoms with van der Waals surface area (Å²) in [6.07, 6.45) is 0.139. The van der Waals surface area contributed by atoms with Crippen LogP contribution in [0.15, 0.2) is 28.8 Å². The number of ether oxygens (including phenoxy) is 1. The Kier molecular flexibility index (Phi) is 2.33. The molecule has 0 atom stereocenters. The Hall–Kier alpha value is -2.30. The van der Waals surface area contributed by atoms with E-state index in [1.54, 1.807) is 0 Å². The molecule has 3 aromatic rings. The first-order chi connectivity index (χ1) is 8.63. The number of rotatable bonds is 2. The highest BCUT2D eigenvalue weighted by Gasteiger charge is 2.09. The molecule has 0 bridgehead atoms. The molecule has 0 spiro atoms. The molecule has 0 aliphatic heterocycles. The predicted molar refractivity (Wildman–Crippen MR) is 69.5 cm³/mol. The second kappa shape index (κ2) is 3.87. The molecule has 5 nitrogen and oxygen atoms in total. The van der Waals surface area contributed by atoms with Gasteiger partial charge in [0.25, 0.3) is 5.71 Å². The molecule has 0 saturated heterocycles. The molecule has 0 radical (unpaired) electrons. The number of pyridine rings is 1. The lowest BCUT2D eigenvalue weighted by Gasteiger charge is -2.09. The van der Waals surface area contributed by atoms with Crippen molar-refractivity contribution in [3.63, 3.8) is 0 Å². The van der Waals surface area contributed by atoms with Crippen molar-refractivity contribution in [1.29, 1.82) is 0 Å². The van der Waals surface area contributed by atoms with E-state index in [0.29, 0.717) is 11.5 Å². The van der Waals surface area contributed by atoms with Gasteiger partial charge in [-0.15, -0.1) is 0 Å². The fraction of sp³-hybridized carbons (Fsp3) is 0.231. The van der Waals surface area contributed by atoms with Gasteiger partial charge in [-0.2, -0.15) is 0 Å². The highest BCUT2D eigenvalue weighted by Crippen LogP contribution is 2.26. The summed E-state index contributed by atoms with van der Waals surface area (Å²) in [6.45, 7) is 3.98. The van der Waals surface area contributed by atoms with Crippen molar-refractivity contribution in [2.24, 2.45) is 0 Å². The van der Waals surface area contributed by atoms with Gasteiger partial charge in [0.05, 0.1) is 17.0 Å². The first-order valence-corrected chi connectivity index (χ1v) is 5.76. The number of hydrogen-bond donors (Lipinski definition) is 1. The summed E-state index contributed by atoms with van der Waals surface area (Å²) in [4.78, 5) is 4.35. The van der Waals surface area contributed by atoms with Gasteiger partial charge in [-0.3, -0.25) is 0 Å². The number of anilines is 1. The first kappa shape index (κ1) is 10.8. The Morgan fingerprint density at radius 1 is 1.28 bits per heavy atom. The van der Waals surface area contributed by atoms with E-state index in [4.69, 9.17) is 15.0 Å². The first-order valence-electron chi connectivity index (χ1n) is 5.76. The molecule has 0 aliphatic carbocycles. The van der Waals surface area contributed by atoms with Crippen LogP contribution in [-0.2, 0) is 0 Å². The number of aromatic nitrogens is 2. The molecule has 2 aromatic heterocycles. The highest BCUT2D eigenvalue weighted by molar-refractivity contribution is 5.95.